The molecule has 172 valence electrons. The van der Waals surface area contributed by atoms with Gasteiger partial charge in [0.15, 0.2) is 5.82 Å². The standard InChI is InChI=1S/C23H24FN5O4/c1-11-15(9-28-22-21(11)26-4-6-33-22)14-7-13-8-18(27-10-16(13)20(25)19(14)24)29(23(30)31)17-3-5-32-12(17)2/h7-10,12,17,26H,3-6,25H2,1-2H3,(H,30,31)/t12?,17-/m0/s1. The van der Waals surface area contributed by atoms with Crippen molar-refractivity contribution >= 4 is 34.1 Å². The number of carboxylic acid groups (broad SMARTS) is 1. The summed E-state index contributed by atoms with van der Waals surface area (Å²) in [4.78, 5) is 21.9. The smallest absolute Gasteiger partial charge is 0.413 e. The number of hydrogen-bond acceptors (Lipinski definition) is 7. The summed E-state index contributed by atoms with van der Waals surface area (Å²) in [6.45, 7) is 5.32. The zero-order valence-corrected chi connectivity index (χ0v) is 18.3. The average molecular weight is 453 g/mol. The Morgan fingerprint density at radius 2 is 2.09 bits per heavy atom. The lowest BCUT2D eigenvalue weighted by Crippen LogP contribution is -2.43. The van der Waals surface area contributed by atoms with Crippen molar-refractivity contribution in [2.24, 2.45) is 0 Å². The fourth-order valence-corrected chi connectivity index (χ4v) is 4.58. The Bertz CT molecular complexity index is 1270. The third kappa shape index (κ3) is 3.46. The van der Waals surface area contributed by atoms with Crippen LogP contribution in [-0.4, -0.2) is 53.1 Å². The zero-order valence-electron chi connectivity index (χ0n) is 18.3. The maximum absolute atomic E-state index is 15.4. The van der Waals surface area contributed by atoms with E-state index in [9.17, 15) is 9.90 Å². The Kier molecular flexibility index (Phi) is 5.16. The minimum Gasteiger partial charge on any atom is -0.474 e. The molecular weight excluding hydrogens is 429 g/mol. The number of amides is 1. The molecule has 1 aromatic carbocycles. The van der Waals surface area contributed by atoms with Crippen LogP contribution in [0.1, 0.15) is 18.9 Å². The van der Waals surface area contributed by atoms with Crippen molar-refractivity contribution in [3.63, 3.8) is 0 Å². The van der Waals surface area contributed by atoms with Crippen LogP contribution in [-0.2, 0) is 4.74 Å². The maximum atomic E-state index is 15.4. The van der Waals surface area contributed by atoms with E-state index in [0.29, 0.717) is 48.4 Å². The molecule has 1 fully saturated rings. The van der Waals surface area contributed by atoms with Crippen LogP contribution in [0, 0.1) is 12.7 Å². The quantitative estimate of drug-likeness (QED) is 0.512. The molecule has 0 spiro atoms. The van der Waals surface area contributed by atoms with Gasteiger partial charge in [-0.2, -0.15) is 0 Å². The molecule has 9 nitrogen and oxygen atoms in total. The van der Waals surface area contributed by atoms with E-state index in [-0.39, 0.29) is 29.2 Å². The van der Waals surface area contributed by atoms with Gasteiger partial charge in [-0.05, 0) is 43.4 Å². The van der Waals surface area contributed by atoms with Crippen molar-refractivity contribution in [2.45, 2.75) is 32.4 Å². The number of carbonyl (C=O) groups is 1. The summed E-state index contributed by atoms with van der Waals surface area (Å²) >= 11 is 0. The van der Waals surface area contributed by atoms with E-state index in [2.05, 4.69) is 15.3 Å². The predicted molar refractivity (Wildman–Crippen MR) is 122 cm³/mol. The first-order valence-corrected chi connectivity index (χ1v) is 10.7. The molecule has 2 aromatic heterocycles. The second-order valence-corrected chi connectivity index (χ2v) is 8.25. The molecule has 4 heterocycles. The minimum absolute atomic E-state index is 0.0534. The normalized spacial score (nSPS) is 19.6. The van der Waals surface area contributed by atoms with Gasteiger partial charge < -0.3 is 25.6 Å². The highest BCUT2D eigenvalue weighted by Crippen LogP contribution is 2.40. The molecule has 1 unspecified atom stereocenters. The van der Waals surface area contributed by atoms with Crippen LogP contribution in [0.5, 0.6) is 5.88 Å². The van der Waals surface area contributed by atoms with Crippen molar-refractivity contribution in [3.8, 4) is 17.0 Å². The number of nitrogens with zero attached hydrogens (tertiary/aromatic N) is 3. The Morgan fingerprint density at radius 1 is 1.27 bits per heavy atom. The van der Waals surface area contributed by atoms with Gasteiger partial charge in [-0.25, -0.2) is 19.2 Å². The number of aromatic nitrogens is 2. The third-order valence-corrected chi connectivity index (χ3v) is 6.34. The van der Waals surface area contributed by atoms with Crippen molar-refractivity contribution in [1.82, 2.24) is 9.97 Å². The van der Waals surface area contributed by atoms with Gasteiger partial charge in [-0.3, -0.25) is 4.90 Å². The van der Waals surface area contributed by atoms with E-state index in [4.69, 9.17) is 15.2 Å². The number of hydrogen-bond donors (Lipinski definition) is 3. The summed E-state index contributed by atoms with van der Waals surface area (Å²) in [6, 6.07) is 2.92. The Morgan fingerprint density at radius 3 is 2.82 bits per heavy atom. The minimum atomic E-state index is -1.12. The van der Waals surface area contributed by atoms with Gasteiger partial charge in [0.25, 0.3) is 0 Å². The summed E-state index contributed by atoms with van der Waals surface area (Å²) in [5.41, 5.74) is 8.45. The summed E-state index contributed by atoms with van der Waals surface area (Å²) in [7, 11) is 0. The van der Waals surface area contributed by atoms with Gasteiger partial charge in [-0.1, -0.05) is 0 Å². The van der Waals surface area contributed by atoms with E-state index < -0.39 is 11.9 Å². The Labute approximate surface area is 189 Å². The molecule has 1 saturated heterocycles. The van der Waals surface area contributed by atoms with E-state index >= 15 is 4.39 Å². The zero-order chi connectivity index (χ0) is 23.3. The van der Waals surface area contributed by atoms with Gasteiger partial charge in [0, 0.05) is 42.1 Å². The number of ether oxygens (including phenoxy) is 2. The van der Waals surface area contributed by atoms with Crippen molar-refractivity contribution in [3.05, 3.63) is 35.9 Å². The molecule has 0 radical (unpaired) electrons. The lowest BCUT2D eigenvalue weighted by atomic mass is 9.97. The van der Waals surface area contributed by atoms with E-state index in [0.717, 1.165) is 11.3 Å². The second kappa shape index (κ2) is 8.04. The Hall–Kier alpha value is -3.66. The number of pyridine rings is 2. The van der Waals surface area contributed by atoms with Gasteiger partial charge in [0.1, 0.15) is 18.1 Å². The highest BCUT2D eigenvalue weighted by molar-refractivity contribution is 5.99. The lowest BCUT2D eigenvalue weighted by molar-refractivity contribution is 0.116. The molecule has 33 heavy (non-hydrogen) atoms. The third-order valence-electron chi connectivity index (χ3n) is 6.34. The van der Waals surface area contributed by atoms with Crippen molar-refractivity contribution < 1.29 is 23.8 Å². The van der Waals surface area contributed by atoms with Crippen LogP contribution in [0.25, 0.3) is 21.9 Å². The average Bonchev–Trinajstić information content (AvgIpc) is 3.22. The first-order chi connectivity index (χ1) is 15.9. The number of rotatable bonds is 3. The topological polar surface area (TPSA) is 123 Å². The van der Waals surface area contributed by atoms with Crippen molar-refractivity contribution in [2.75, 3.05) is 35.7 Å². The lowest BCUT2D eigenvalue weighted by Gasteiger charge is -2.27. The van der Waals surface area contributed by atoms with Crippen LogP contribution in [0.4, 0.5) is 26.4 Å². The molecule has 1 amide bonds. The van der Waals surface area contributed by atoms with E-state index in [1.54, 1.807) is 18.3 Å². The number of halogens is 1. The van der Waals surface area contributed by atoms with Gasteiger partial charge >= 0.3 is 6.09 Å². The highest BCUT2D eigenvalue weighted by Gasteiger charge is 2.35. The molecular formula is C23H24FN5O4. The highest BCUT2D eigenvalue weighted by atomic mass is 19.1. The van der Waals surface area contributed by atoms with Crippen LogP contribution >= 0.6 is 0 Å². The summed E-state index contributed by atoms with van der Waals surface area (Å²) in [6.07, 6.45) is 2.16. The van der Waals surface area contributed by atoms with Crippen LogP contribution in [0.15, 0.2) is 24.5 Å². The number of fused-ring (bicyclic) bond motifs is 2. The van der Waals surface area contributed by atoms with Gasteiger partial charge in [0.05, 0.1) is 17.8 Å². The molecule has 0 aliphatic carbocycles. The molecule has 2 aliphatic rings. The number of nitrogens with two attached hydrogens (primary N) is 1. The van der Waals surface area contributed by atoms with Crippen LogP contribution < -0.4 is 20.7 Å². The van der Waals surface area contributed by atoms with Crippen LogP contribution in [0.3, 0.4) is 0 Å². The molecule has 0 saturated carbocycles. The summed E-state index contributed by atoms with van der Waals surface area (Å²) in [5.74, 6) is 0.143. The van der Waals surface area contributed by atoms with Gasteiger partial charge in [0.2, 0.25) is 5.88 Å². The number of nitrogen functional groups attached to an aromatic ring is 1. The molecule has 10 heteroatoms. The molecule has 3 aromatic rings. The molecule has 4 N–H and O–H groups in total. The number of benzene rings is 1. The Balaban J connectivity index is 1.65. The molecule has 5 rings (SSSR count). The molecule has 2 atom stereocenters. The van der Waals surface area contributed by atoms with Gasteiger partial charge in [-0.15, -0.1) is 0 Å². The van der Waals surface area contributed by atoms with E-state index in [1.165, 1.54) is 11.1 Å². The molecule has 0 bridgehead atoms. The SMILES string of the molecule is Cc1c(-c2cc3cc(N(C(=O)O)[C@H]4CCOC4C)ncc3c(N)c2F)cnc2c1NCCO2. The van der Waals surface area contributed by atoms with E-state index in [1.807, 2.05) is 13.8 Å². The number of nitrogens with one attached hydrogen (secondary N) is 1. The first-order valence-electron chi connectivity index (χ1n) is 10.7. The van der Waals surface area contributed by atoms with Crippen LogP contribution in [0.2, 0.25) is 0 Å². The predicted octanol–water partition coefficient (Wildman–Crippen LogP) is 3.79. The second-order valence-electron chi connectivity index (χ2n) is 8.25. The largest absolute Gasteiger partial charge is 0.474 e. The summed E-state index contributed by atoms with van der Waals surface area (Å²) < 4.78 is 26.5. The first kappa shape index (κ1) is 21.2. The molecule has 2 aliphatic heterocycles. The maximum Gasteiger partial charge on any atom is 0.413 e. The fourth-order valence-electron chi connectivity index (χ4n) is 4.58. The fraction of sp³-hybridized carbons (Fsp3) is 0.348. The monoisotopic (exact) mass is 453 g/mol. The van der Waals surface area contributed by atoms with Crippen molar-refractivity contribution in [1.29, 1.82) is 0 Å². The summed E-state index contributed by atoms with van der Waals surface area (Å²) in [5, 5.41) is 14.1. The number of anilines is 3.